The lowest BCUT2D eigenvalue weighted by atomic mass is 9.62. The molecule has 4 aromatic rings. The summed E-state index contributed by atoms with van der Waals surface area (Å²) in [5, 5.41) is 0. The Kier molecular flexibility index (Phi) is 9.01. The van der Waals surface area contributed by atoms with Crippen molar-refractivity contribution in [3.63, 3.8) is 0 Å². The number of hydrogen-bond acceptors (Lipinski definition) is 8. The van der Waals surface area contributed by atoms with E-state index in [1.807, 2.05) is 0 Å². The van der Waals surface area contributed by atoms with Crippen molar-refractivity contribution >= 4 is 35.0 Å². The van der Waals surface area contributed by atoms with Gasteiger partial charge in [-0.25, -0.2) is 9.69 Å². The molecule has 1 heterocycles. The summed E-state index contributed by atoms with van der Waals surface area (Å²) < 4.78 is 16.3. The second-order valence-electron chi connectivity index (χ2n) is 13.3. The lowest BCUT2D eigenvalue weighted by Crippen LogP contribution is -2.53. The summed E-state index contributed by atoms with van der Waals surface area (Å²) in [4.78, 5) is 73.5. The number of carbonyl (C=O) groups is 5. The van der Waals surface area contributed by atoms with Gasteiger partial charge in [-0.3, -0.25) is 19.2 Å². The number of amides is 2. The number of benzene rings is 4. The van der Waals surface area contributed by atoms with E-state index in [0.717, 1.165) is 4.90 Å². The third-order valence-corrected chi connectivity index (χ3v) is 9.21. The summed E-state index contributed by atoms with van der Waals surface area (Å²) in [6.07, 6.45) is 0.423. The van der Waals surface area contributed by atoms with Crippen molar-refractivity contribution in [2.45, 2.75) is 38.2 Å². The lowest BCUT2D eigenvalue weighted by molar-refractivity contribution is -0.125. The smallest absolute Gasteiger partial charge is 0.421 e. The van der Waals surface area contributed by atoms with Gasteiger partial charge in [-0.1, -0.05) is 54.6 Å². The number of anilines is 1. The number of ether oxygens (including phenoxy) is 3. The van der Waals surface area contributed by atoms with Gasteiger partial charge in [0.1, 0.15) is 17.1 Å². The van der Waals surface area contributed by atoms with Crippen LogP contribution in [0.25, 0.3) is 0 Å². The molecule has 1 spiro atoms. The molecule has 1 aliphatic carbocycles. The Hall–Kier alpha value is -5.83. The highest BCUT2D eigenvalue weighted by atomic mass is 16.6. The molecule has 0 aromatic heterocycles. The van der Waals surface area contributed by atoms with Gasteiger partial charge in [0.2, 0.25) is 5.91 Å². The van der Waals surface area contributed by atoms with E-state index in [0.29, 0.717) is 22.6 Å². The van der Waals surface area contributed by atoms with Gasteiger partial charge >= 0.3 is 6.09 Å². The normalized spacial score (nSPS) is 19.5. The van der Waals surface area contributed by atoms with E-state index >= 15 is 4.79 Å². The highest BCUT2D eigenvalue weighted by Crippen LogP contribution is 2.59. The third kappa shape index (κ3) is 5.89. The van der Waals surface area contributed by atoms with Crippen molar-refractivity contribution < 1.29 is 38.2 Å². The minimum absolute atomic E-state index is 0.0609. The predicted molar refractivity (Wildman–Crippen MR) is 187 cm³/mol. The first-order valence-corrected chi connectivity index (χ1v) is 16.2. The van der Waals surface area contributed by atoms with Gasteiger partial charge < -0.3 is 14.2 Å². The first kappa shape index (κ1) is 34.0. The van der Waals surface area contributed by atoms with Crippen LogP contribution in [-0.2, 0) is 14.9 Å². The molecule has 0 bridgehead atoms. The molecule has 254 valence electrons. The molecule has 2 aliphatic rings. The van der Waals surface area contributed by atoms with Crippen LogP contribution in [0.15, 0.2) is 115 Å². The Morgan fingerprint density at radius 1 is 0.720 bits per heavy atom. The van der Waals surface area contributed by atoms with E-state index in [1.165, 1.54) is 14.2 Å². The van der Waals surface area contributed by atoms with E-state index in [-0.39, 0.29) is 34.6 Å². The topological polar surface area (TPSA) is 116 Å². The Bertz CT molecular complexity index is 2010. The molecule has 2 amide bonds. The van der Waals surface area contributed by atoms with Gasteiger partial charge in [0.05, 0.1) is 31.2 Å². The zero-order valence-corrected chi connectivity index (χ0v) is 28.5. The zero-order valence-electron chi connectivity index (χ0n) is 28.5. The van der Waals surface area contributed by atoms with Crippen LogP contribution in [0.4, 0.5) is 10.5 Å². The number of imide groups is 1. The number of fused-ring (bicyclic) bond motifs is 2. The molecule has 50 heavy (non-hydrogen) atoms. The highest BCUT2D eigenvalue weighted by Gasteiger charge is 2.67. The van der Waals surface area contributed by atoms with Crippen LogP contribution in [0, 0.1) is 11.8 Å². The van der Waals surface area contributed by atoms with Gasteiger partial charge in [-0.2, -0.15) is 0 Å². The number of methoxy groups -OCH3 is 2. The first-order chi connectivity index (χ1) is 23.9. The Labute approximate surface area is 290 Å². The fourth-order valence-corrected chi connectivity index (χ4v) is 7.01. The maximum absolute atomic E-state index is 15.2. The number of allylic oxidation sites excluding steroid dienone is 2. The molecule has 6 rings (SSSR count). The van der Waals surface area contributed by atoms with Crippen LogP contribution in [0.2, 0.25) is 0 Å². The molecule has 0 saturated heterocycles. The Morgan fingerprint density at radius 3 is 1.86 bits per heavy atom. The fourth-order valence-electron chi connectivity index (χ4n) is 7.01. The van der Waals surface area contributed by atoms with E-state index in [2.05, 4.69) is 0 Å². The van der Waals surface area contributed by atoms with E-state index in [9.17, 15) is 19.2 Å². The van der Waals surface area contributed by atoms with Crippen molar-refractivity contribution in [3.05, 3.63) is 137 Å². The lowest BCUT2D eigenvalue weighted by Gasteiger charge is -2.36. The molecule has 9 heteroatoms. The maximum Gasteiger partial charge on any atom is 0.421 e. The molecule has 3 atom stereocenters. The largest absolute Gasteiger partial charge is 0.497 e. The number of para-hydroxylation sites is 1. The maximum atomic E-state index is 15.2. The molecule has 0 radical (unpaired) electrons. The fraction of sp³-hybridized carbons (Fsp3) is 0.244. The summed E-state index contributed by atoms with van der Waals surface area (Å²) in [6, 6.07) is 28.1. The van der Waals surface area contributed by atoms with Crippen LogP contribution in [-0.4, -0.2) is 49.2 Å². The van der Waals surface area contributed by atoms with E-state index < -0.39 is 46.4 Å². The molecule has 1 aliphatic heterocycles. The van der Waals surface area contributed by atoms with Gasteiger partial charge in [-0.05, 0) is 80.9 Å². The van der Waals surface area contributed by atoms with Gasteiger partial charge in [-0.15, -0.1) is 0 Å². The molecule has 0 N–H and O–H groups in total. The van der Waals surface area contributed by atoms with Crippen molar-refractivity contribution in [1.82, 2.24) is 0 Å². The second kappa shape index (κ2) is 13.2. The second-order valence-corrected chi connectivity index (χ2v) is 13.3. The molecule has 0 unspecified atom stereocenters. The molecular weight excluding hydrogens is 634 g/mol. The van der Waals surface area contributed by atoms with Crippen molar-refractivity contribution in [2.24, 2.45) is 11.8 Å². The number of rotatable bonds is 9. The number of hydrogen-bond donors (Lipinski definition) is 0. The van der Waals surface area contributed by atoms with Crippen molar-refractivity contribution in [1.29, 1.82) is 0 Å². The molecular formula is C41H37NO8. The minimum atomic E-state index is -1.85. The minimum Gasteiger partial charge on any atom is -0.497 e. The van der Waals surface area contributed by atoms with Gasteiger partial charge in [0.25, 0.3) is 0 Å². The number of Topliss-reactive ketones (excluding diaryl/α,β-unsaturated/α-hetero) is 3. The van der Waals surface area contributed by atoms with Crippen LogP contribution in [0.1, 0.15) is 63.8 Å². The van der Waals surface area contributed by atoms with Gasteiger partial charge in [0.15, 0.2) is 17.3 Å². The van der Waals surface area contributed by atoms with Crippen LogP contribution in [0.3, 0.4) is 0 Å². The Balaban J connectivity index is 1.58. The van der Waals surface area contributed by atoms with Gasteiger partial charge in [0, 0.05) is 34.6 Å². The zero-order chi connectivity index (χ0) is 35.8. The van der Waals surface area contributed by atoms with Crippen molar-refractivity contribution in [3.8, 4) is 11.5 Å². The summed E-state index contributed by atoms with van der Waals surface area (Å²) in [7, 11) is 3.04. The van der Waals surface area contributed by atoms with Crippen molar-refractivity contribution in [2.75, 3.05) is 19.1 Å². The number of carbonyl (C=O) groups excluding carboxylic acids is 5. The van der Waals surface area contributed by atoms with Crippen LogP contribution in [0.5, 0.6) is 11.5 Å². The molecule has 0 fully saturated rings. The molecule has 0 saturated carbocycles. The first-order valence-electron chi connectivity index (χ1n) is 16.2. The summed E-state index contributed by atoms with van der Waals surface area (Å²) >= 11 is 0. The third-order valence-electron chi connectivity index (χ3n) is 9.21. The quantitative estimate of drug-likeness (QED) is 0.169. The molecule has 9 nitrogen and oxygen atoms in total. The standard InChI is InChI=1S/C41H37NO8/c1-40(2,3)50-39(47)42-33-14-10-9-13-32(33)41(38(42)46)28(24-34(43)25-15-19-29(48-4)20-16-25)23-31(35(41)37(45)26-11-7-6-8-12-26)36(44)27-17-21-30(49-5)22-18-27/h6-23,28,35H,24H2,1-5H3/t28-,35+,41-/m0/s1. The average molecular weight is 672 g/mol. The van der Waals surface area contributed by atoms with Crippen LogP contribution < -0.4 is 14.4 Å². The number of ketones is 3. The SMILES string of the molecule is COc1ccc(C(=O)C[C@@H]2C=C(C(=O)c3ccc(OC)cc3)[C@H](C(=O)c3ccccc3)[C@]23C(=O)N(C(=O)OC(C)(C)C)c2ccccc23)cc1. The predicted octanol–water partition coefficient (Wildman–Crippen LogP) is 7.43. The highest BCUT2D eigenvalue weighted by molar-refractivity contribution is 6.26. The summed E-state index contributed by atoms with van der Waals surface area (Å²) in [6.45, 7) is 5.07. The Morgan fingerprint density at radius 2 is 1.28 bits per heavy atom. The van der Waals surface area contributed by atoms with E-state index in [1.54, 1.807) is 130 Å². The average Bonchev–Trinajstić information content (AvgIpc) is 3.59. The molecule has 4 aromatic carbocycles. The van der Waals surface area contributed by atoms with Crippen LogP contribution >= 0.6 is 0 Å². The summed E-state index contributed by atoms with van der Waals surface area (Å²) in [5.74, 6) is -3.35. The summed E-state index contributed by atoms with van der Waals surface area (Å²) in [5.41, 5.74) is -1.26. The van der Waals surface area contributed by atoms with E-state index in [4.69, 9.17) is 14.2 Å². The monoisotopic (exact) mass is 671 g/mol. The number of nitrogens with zero attached hydrogens (tertiary/aromatic N) is 1.